The normalized spacial score (nSPS) is 13.0. The lowest BCUT2D eigenvalue weighted by Crippen LogP contribution is -2.30. The Balaban J connectivity index is 1.84. The lowest BCUT2D eigenvalue weighted by atomic mass is 10.2. The van der Waals surface area contributed by atoms with Gasteiger partial charge in [0.15, 0.2) is 11.5 Å². The van der Waals surface area contributed by atoms with E-state index in [1.54, 1.807) is 6.07 Å². The quantitative estimate of drug-likeness (QED) is 0.906. The number of benzene rings is 1. The smallest absolute Gasteiger partial charge is 0.265 e. The van der Waals surface area contributed by atoms with Crippen LogP contribution in [0.3, 0.4) is 0 Å². The van der Waals surface area contributed by atoms with Crippen LogP contribution in [0.15, 0.2) is 47.6 Å². The molecule has 0 aliphatic carbocycles. The van der Waals surface area contributed by atoms with Crippen molar-refractivity contribution in [2.75, 3.05) is 6.79 Å². The van der Waals surface area contributed by atoms with Crippen molar-refractivity contribution in [2.24, 2.45) is 0 Å². The van der Waals surface area contributed by atoms with Gasteiger partial charge in [-0.25, -0.2) is 13.1 Å². The summed E-state index contributed by atoms with van der Waals surface area (Å²) in [5.74, 6) is 0.167. The summed E-state index contributed by atoms with van der Waals surface area (Å²) in [5, 5.41) is 0. The van der Waals surface area contributed by atoms with E-state index in [2.05, 4.69) is 4.98 Å². The maximum absolute atomic E-state index is 12.0. The Bertz CT molecular complexity index is 789. The van der Waals surface area contributed by atoms with Crippen molar-refractivity contribution in [2.45, 2.75) is 4.90 Å². The molecule has 0 unspecified atom stereocenters. The highest BCUT2D eigenvalue weighted by atomic mass is 32.2. The highest BCUT2D eigenvalue weighted by Crippen LogP contribution is 2.32. The van der Waals surface area contributed by atoms with E-state index in [4.69, 9.17) is 9.47 Å². The second kappa shape index (κ2) is 5.06. The lowest BCUT2D eigenvalue weighted by Gasteiger charge is -2.07. The topological polar surface area (TPSA) is 94.6 Å². The zero-order valence-electron chi connectivity index (χ0n) is 10.6. The Morgan fingerprint density at radius 2 is 2.00 bits per heavy atom. The molecule has 0 bridgehead atoms. The summed E-state index contributed by atoms with van der Waals surface area (Å²) < 4.78 is 36.3. The number of pyridine rings is 1. The Morgan fingerprint density at radius 3 is 2.76 bits per heavy atom. The van der Waals surface area contributed by atoms with E-state index < -0.39 is 15.9 Å². The molecule has 7 nitrogen and oxygen atoms in total. The lowest BCUT2D eigenvalue weighted by molar-refractivity contribution is 0.0981. The van der Waals surface area contributed by atoms with Gasteiger partial charge in [0.05, 0.1) is 0 Å². The third-order valence-electron chi connectivity index (χ3n) is 2.81. The van der Waals surface area contributed by atoms with Crippen molar-refractivity contribution in [3.05, 3.63) is 48.3 Å². The molecule has 1 amide bonds. The number of hydrogen-bond acceptors (Lipinski definition) is 6. The van der Waals surface area contributed by atoms with Crippen LogP contribution in [0, 0.1) is 0 Å². The molecule has 1 aliphatic rings. The van der Waals surface area contributed by atoms with Crippen LogP contribution in [0.1, 0.15) is 10.4 Å². The van der Waals surface area contributed by atoms with Crippen molar-refractivity contribution < 1.29 is 22.7 Å². The highest BCUT2D eigenvalue weighted by molar-refractivity contribution is 7.90. The molecule has 0 saturated heterocycles. The molecule has 0 saturated carbocycles. The van der Waals surface area contributed by atoms with Gasteiger partial charge in [0.1, 0.15) is 4.90 Å². The van der Waals surface area contributed by atoms with Crippen LogP contribution in [0.5, 0.6) is 11.5 Å². The number of hydrogen-bond donors (Lipinski definition) is 1. The standard InChI is InChI=1S/C13H10N2O5S/c16-13(9-3-4-11-12(6-9)20-8-19-11)15-21(17,18)10-2-1-5-14-7-10/h1-7H,8H2,(H,15,16). The van der Waals surface area contributed by atoms with Crippen LogP contribution in [0.2, 0.25) is 0 Å². The number of fused-ring (bicyclic) bond motifs is 1. The van der Waals surface area contributed by atoms with Gasteiger partial charge in [-0.05, 0) is 30.3 Å². The molecule has 2 heterocycles. The molecule has 0 atom stereocenters. The number of aromatic nitrogens is 1. The van der Waals surface area contributed by atoms with E-state index >= 15 is 0 Å². The first-order chi connectivity index (χ1) is 10.1. The minimum Gasteiger partial charge on any atom is -0.454 e. The number of ether oxygens (including phenoxy) is 2. The van der Waals surface area contributed by atoms with Gasteiger partial charge in [0.2, 0.25) is 6.79 Å². The van der Waals surface area contributed by atoms with Gasteiger partial charge in [0.25, 0.3) is 15.9 Å². The average Bonchev–Trinajstić information content (AvgIpc) is 2.95. The number of rotatable bonds is 3. The van der Waals surface area contributed by atoms with E-state index in [0.717, 1.165) is 6.20 Å². The van der Waals surface area contributed by atoms with E-state index in [1.165, 1.54) is 30.5 Å². The molecule has 21 heavy (non-hydrogen) atoms. The second-order valence-electron chi connectivity index (χ2n) is 4.19. The van der Waals surface area contributed by atoms with E-state index in [1.807, 2.05) is 4.72 Å². The predicted molar refractivity (Wildman–Crippen MR) is 71.5 cm³/mol. The summed E-state index contributed by atoms with van der Waals surface area (Å²) in [6, 6.07) is 7.26. The molecule has 1 aromatic heterocycles. The first-order valence-electron chi connectivity index (χ1n) is 5.93. The molecular weight excluding hydrogens is 296 g/mol. The fraction of sp³-hybridized carbons (Fsp3) is 0.0769. The summed E-state index contributed by atoms with van der Waals surface area (Å²) in [4.78, 5) is 15.7. The molecule has 8 heteroatoms. The summed E-state index contributed by atoms with van der Waals surface area (Å²) in [6.07, 6.45) is 2.61. The molecule has 3 rings (SSSR count). The Hall–Kier alpha value is -2.61. The average molecular weight is 306 g/mol. The second-order valence-corrected chi connectivity index (χ2v) is 5.87. The molecule has 2 aromatic rings. The zero-order valence-corrected chi connectivity index (χ0v) is 11.5. The van der Waals surface area contributed by atoms with Crippen LogP contribution < -0.4 is 14.2 Å². The molecule has 1 N–H and O–H groups in total. The number of nitrogens with zero attached hydrogens (tertiary/aromatic N) is 1. The Morgan fingerprint density at radius 1 is 1.19 bits per heavy atom. The molecule has 1 aromatic carbocycles. The molecule has 1 aliphatic heterocycles. The Labute approximate surface area is 120 Å². The van der Waals surface area contributed by atoms with Crippen LogP contribution >= 0.6 is 0 Å². The third kappa shape index (κ3) is 2.65. The van der Waals surface area contributed by atoms with Gasteiger partial charge >= 0.3 is 0 Å². The van der Waals surface area contributed by atoms with Crippen molar-refractivity contribution in [3.63, 3.8) is 0 Å². The van der Waals surface area contributed by atoms with Crippen LogP contribution in [-0.4, -0.2) is 26.1 Å². The Kier molecular flexibility index (Phi) is 3.22. The fourth-order valence-electron chi connectivity index (χ4n) is 1.78. The highest BCUT2D eigenvalue weighted by Gasteiger charge is 2.21. The molecule has 0 spiro atoms. The first kappa shape index (κ1) is 13.4. The fourth-order valence-corrected chi connectivity index (χ4v) is 2.72. The molecule has 0 fully saturated rings. The SMILES string of the molecule is O=C(NS(=O)(=O)c1cccnc1)c1ccc2c(c1)OCO2. The molecular formula is C13H10N2O5S. The summed E-state index contributed by atoms with van der Waals surface area (Å²) in [6.45, 7) is 0.0778. The number of sulfonamides is 1. The first-order valence-corrected chi connectivity index (χ1v) is 7.41. The van der Waals surface area contributed by atoms with E-state index in [-0.39, 0.29) is 17.3 Å². The van der Waals surface area contributed by atoms with Crippen LogP contribution in [0.25, 0.3) is 0 Å². The molecule has 0 radical (unpaired) electrons. The van der Waals surface area contributed by atoms with E-state index in [9.17, 15) is 13.2 Å². The van der Waals surface area contributed by atoms with Crippen molar-refractivity contribution in [3.8, 4) is 11.5 Å². The van der Waals surface area contributed by atoms with Gasteiger partial charge in [-0.15, -0.1) is 0 Å². The number of amides is 1. The van der Waals surface area contributed by atoms with Crippen LogP contribution in [0.4, 0.5) is 0 Å². The van der Waals surface area contributed by atoms with Gasteiger partial charge in [-0.1, -0.05) is 0 Å². The van der Waals surface area contributed by atoms with Gasteiger partial charge in [-0.2, -0.15) is 0 Å². The summed E-state index contributed by atoms with van der Waals surface area (Å²) in [5.41, 5.74) is 0.159. The number of nitrogens with one attached hydrogen (secondary N) is 1. The van der Waals surface area contributed by atoms with E-state index in [0.29, 0.717) is 11.5 Å². The van der Waals surface area contributed by atoms with Gasteiger partial charge in [-0.3, -0.25) is 9.78 Å². The van der Waals surface area contributed by atoms with Crippen molar-refractivity contribution in [1.29, 1.82) is 0 Å². The van der Waals surface area contributed by atoms with Crippen molar-refractivity contribution in [1.82, 2.24) is 9.71 Å². The monoisotopic (exact) mass is 306 g/mol. The van der Waals surface area contributed by atoms with Gasteiger partial charge in [0, 0.05) is 18.0 Å². The zero-order chi connectivity index (χ0) is 14.9. The van der Waals surface area contributed by atoms with Crippen molar-refractivity contribution >= 4 is 15.9 Å². The largest absolute Gasteiger partial charge is 0.454 e. The minimum atomic E-state index is -3.96. The third-order valence-corrected chi connectivity index (χ3v) is 4.12. The number of carbonyl (C=O) groups is 1. The maximum atomic E-state index is 12.0. The molecule has 108 valence electrons. The summed E-state index contributed by atoms with van der Waals surface area (Å²) in [7, 11) is -3.96. The minimum absolute atomic E-state index is 0.0778. The predicted octanol–water partition coefficient (Wildman–Crippen LogP) is 0.929. The van der Waals surface area contributed by atoms with Gasteiger partial charge < -0.3 is 9.47 Å². The maximum Gasteiger partial charge on any atom is 0.265 e. The van der Waals surface area contributed by atoms with Crippen LogP contribution in [-0.2, 0) is 10.0 Å². The summed E-state index contributed by atoms with van der Waals surface area (Å²) >= 11 is 0. The number of carbonyl (C=O) groups excluding carboxylic acids is 1.